The summed E-state index contributed by atoms with van der Waals surface area (Å²) in [5, 5.41) is 16.3. The SMILES string of the molecule is COC(=O)c1ccc(C(=O)OC)c(NC(=O)CSC2=C(C#N)[C@@H](c3ccc(F)cc3)C3=C(CCCC3=O)N2)c1. The molecule has 2 aliphatic rings. The van der Waals surface area contributed by atoms with E-state index in [0.717, 1.165) is 11.8 Å². The summed E-state index contributed by atoms with van der Waals surface area (Å²) in [7, 11) is 2.40. The van der Waals surface area contributed by atoms with Gasteiger partial charge in [0.15, 0.2) is 5.78 Å². The van der Waals surface area contributed by atoms with E-state index in [4.69, 9.17) is 9.47 Å². The molecule has 1 aliphatic heterocycles. The Balaban J connectivity index is 1.61. The lowest BCUT2D eigenvalue weighted by molar-refractivity contribution is -0.116. The highest BCUT2D eigenvalue weighted by Crippen LogP contribution is 2.44. The van der Waals surface area contributed by atoms with E-state index < -0.39 is 29.6 Å². The predicted molar refractivity (Wildman–Crippen MR) is 141 cm³/mol. The molecule has 11 heteroatoms. The number of anilines is 1. The van der Waals surface area contributed by atoms with Gasteiger partial charge in [0.1, 0.15) is 5.82 Å². The molecule has 1 amide bonds. The Kier molecular flexibility index (Phi) is 8.46. The average Bonchev–Trinajstić information content (AvgIpc) is 2.95. The molecule has 1 heterocycles. The summed E-state index contributed by atoms with van der Waals surface area (Å²) in [6.07, 6.45) is 1.60. The zero-order chi connectivity index (χ0) is 28.1. The summed E-state index contributed by atoms with van der Waals surface area (Å²) in [6.45, 7) is 0. The lowest BCUT2D eigenvalue weighted by Gasteiger charge is -2.33. The normalized spacial score (nSPS) is 16.6. The maximum atomic E-state index is 13.6. The van der Waals surface area contributed by atoms with Crippen molar-refractivity contribution < 1.29 is 33.0 Å². The van der Waals surface area contributed by atoms with Crippen LogP contribution in [-0.2, 0) is 19.1 Å². The van der Waals surface area contributed by atoms with E-state index in [1.807, 2.05) is 0 Å². The number of hydrogen-bond donors (Lipinski definition) is 2. The van der Waals surface area contributed by atoms with Crippen LogP contribution in [-0.4, -0.2) is 43.6 Å². The third-order valence-corrected chi connectivity index (χ3v) is 7.35. The molecule has 39 heavy (non-hydrogen) atoms. The standard InChI is InChI=1S/C28H24FN3O6S/c1-37-27(35)16-8-11-18(28(36)38-2)21(12-16)31-23(34)14-39-26-19(13-30)24(15-6-9-17(29)10-7-15)25-20(32-26)4-3-5-22(25)33/h6-12,24,32H,3-5,14H2,1-2H3,(H,31,34)/t24-/m1/s1. The van der Waals surface area contributed by atoms with E-state index in [1.54, 1.807) is 12.1 Å². The number of dihydropyridines is 1. The molecular formula is C28H24FN3O6S. The third-order valence-electron chi connectivity index (χ3n) is 6.33. The van der Waals surface area contributed by atoms with Gasteiger partial charge in [-0.2, -0.15) is 5.26 Å². The maximum Gasteiger partial charge on any atom is 0.339 e. The van der Waals surface area contributed by atoms with Gasteiger partial charge >= 0.3 is 11.9 Å². The second-order valence-corrected chi connectivity index (χ2v) is 9.70. The number of allylic oxidation sites excluding steroid dienone is 3. The molecule has 0 spiro atoms. The minimum absolute atomic E-state index is 0.0445. The second kappa shape index (κ2) is 12.0. The van der Waals surface area contributed by atoms with Crippen LogP contribution in [0, 0.1) is 17.1 Å². The van der Waals surface area contributed by atoms with Crippen LogP contribution in [0.5, 0.6) is 0 Å². The first-order chi connectivity index (χ1) is 18.8. The van der Waals surface area contributed by atoms with Crippen molar-refractivity contribution in [2.24, 2.45) is 0 Å². The van der Waals surface area contributed by atoms with E-state index in [9.17, 15) is 28.8 Å². The van der Waals surface area contributed by atoms with E-state index in [-0.39, 0.29) is 33.9 Å². The van der Waals surface area contributed by atoms with Gasteiger partial charge < -0.3 is 20.1 Å². The summed E-state index contributed by atoms with van der Waals surface area (Å²) >= 11 is 1.06. The Morgan fingerprint density at radius 2 is 1.82 bits per heavy atom. The number of carbonyl (C=O) groups excluding carboxylic acids is 4. The molecule has 2 N–H and O–H groups in total. The molecule has 4 rings (SSSR count). The molecule has 9 nitrogen and oxygen atoms in total. The Labute approximate surface area is 228 Å². The molecule has 0 radical (unpaired) electrons. The van der Waals surface area contributed by atoms with Gasteiger partial charge in [0.2, 0.25) is 5.91 Å². The number of methoxy groups -OCH3 is 2. The van der Waals surface area contributed by atoms with Gasteiger partial charge in [0.25, 0.3) is 0 Å². The fourth-order valence-electron chi connectivity index (χ4n) is 4.53. The molecule has 0 bridgehead atoms. The molecule has 1 atom stereocenters. The van der Waals surface area contributed by atoms with Crippen LogP contribution in [0.25, 0.3) is 0 Å². The number of nitriles is 1. The van der Waals surface area contributed by atoms with Crippen molar-refractivity contribution >= 4 is 41.1 Å². The van der Waals surface area contributed by atoms with Crippen LogP contribution in [0.1, 0.15) is 51.5 Å². The summed E-state index contributed by atoms with van der Waals surface area (Å²) < 4.78 is 23.1. The van der Waals surface area contributed by atoms with Crippen LogP contribution in [0.2, 0.25) is 0 Å². The molecule has 0 aromatic heterocycles. The van der Waals surface area contributed by atoms with Gasteiger partial charge in [-0.1, -0.05) is 23.9 Å². The molecule has 200 valence electrons. The number of ether oxygens (including phenoxy) is 2. The van der Waals surface area contributed by atoms with E-state index >= 15 is 0 Å². The van der Waals surface area contributed by atoms with Crippen LogP contribution >= 0.6 is 11.8 Å². The molecule has 0 fully saturated rings. The molecular weight excluding hydrogens is 525 g/mol. The number of rotatable bonds is 7. The minimum atomic E-state index is -0.707. The summed E-state index contributed by atoms with van der Waals surface area (Å²) in [4.78, 5) is 50.0. The van der Waals surface area contributed by atoms with Gasteiger partial charge in [-0.25, -0.2) is 14.0 Å². The van der Waals surface area contributed by atoms with Gasteiger partial charge in [-0.15, -0.1) is 0 Å². The number of thioether (sulfide) groups is 1. The van der Waals surface area contributed by atoms with Crippen molar-refractivity contribution in [2.75, 3.05) is 25.3 Å². The largest absolute Gasteiger partial charge is 0.465 e. The molecule has 0 unspecified atom stereocenters. The number of benzene rings is 2. The second-order valence-electron chi connectivity index (χ2n) is 8.71. The molecule has 0 saturated heterocycles. The number of hydrogen-bond acceptors (Lipinski definition) is 9. The first-order valence-electron chi connectivity index (χ1n) is 11.9. The van der Waals surface area contributed by atoms with Gasteiger partial charge in [0.05, 0.1) is 59.4 Å². The number of Topliss-reactive ketones (excluding diaryl/α,β-unsaturated/α-hetero) is 1. The number of carbonyl (C=O) groups is 4. The number of ketones is 1. The monoisotopic (exact) mass is 549 g/mol. The summed E-state index contributed by atoms with van der Waals surface area (Å²) in [5.74, 6) is -3.24. The topological polar surface area (TPSA) is 135 Å². The van der Waals surface area contributed by atoms with Crippen molar-refractivity contribution in [3.8, 4) is 6.07 Å². The van der Waals surface area contributed by atoms with Gasteiger partial charge in [-0.05, 0) is 48.7 Å². The highest BCUT2D eigenvalue weighted by molar-refractivity contribution is 8.03. The Bertz CT molecular complexity index is 1460. The van der Waals surface area contributed by atoms with Crippen molar-refractivity contribution in [1.82, 2.24) is 5.32 Å². The quantitative estimate of drug-likeness (QED) is 0.487. The zero-order valence-electron chi connectivity index (χ0n) is 21.1. The van der Waals surface area contributed by atoms with Crippen molar-refractivity contribution in [3.05, 3.63) is 86.8 Å². The number of amides is 1. The molecule has 0 saturated carbocycles. The Morgan fingerprint density at radius 3 is 2.49 bits per heavy atom. The highest BCUT2D eigenvalue weighted by Gasteiger charge is 2.37. The van der Waals surface area contributed by atoms with Crippen LogP contribution in [0.4, 0.5) is 10.1 Å². The first kappa shape index (κ1) is 27.6. The third kappa shape index (κ3) is 5.86. The van der Waals surface area contributed by atoms with E-state index in [1.165, 1.54) is 44.6 Å². The van der Waals surface area contributed by atoms with Crippen LogP contribution in [0.3, 0.4) is 0 Å². The number of halogens is 1. The fourth-order valence-corrected chi connectivity index (χ4v) is 5.39. The first-order valence-corrected chi connectivity index (χ1v) is 12.9. The van der Waals surface area contributed by atoms with Crippen LogP contribution in [0.15, 0.2) is 64.3 Å². The van der Waals surface area contributed by atoms with Gasteiger partial charge in [0, 0.05) is 17.7 Å². The fraction of sp³-hybridized carbons (Fsp3) is 0.250. The molecule has 1 aliphatic carbocycles. The summed E-state index contributed by atoms with van der Waals surface area (Å²) in [6, 6.07) is 11.9. The summed E-state index contributed by atoms with van der Waals surface area (Å²) in [5.41, 5.74) is 2.25. The predicted octanol–water partition coefficient (Wildman–Crippen LogP) is 4.20. The van der Waals surface area contributed by atoms with E-state index in [0.29, 0.717) is 41.1 Å². The molecule has 2 aromatic rings. The zero-order valence-corrected chi connectivity index (χ0v) is 21.9. The average molecular weight is 550 g/mol. The van der Waals surface area contributed by atoms with E-state index in [2.05, 4.69) is 16.7 Å². The Hall–Kier alpha value is -4.43. The number of nitrogens with one attached hydrogen (secondary N) is 2. The maximum absolute atomic E-state index is 13.6. The van der Waals surface area contributed by atoms with Gasteiger partial charge in [-0.3, -0.25) is 9.59 Å². The molecule has 2 aromatic carbocycles. The lowest BCUT2D eigenvalue weighted by Crippen LogP contribution is -2.31. The minimum Gasteiger partial charge on any atom is -0.465 e. The number of nitrogens with zero attached hydrogens (tertiary/aromatic N) is 1. The van der Waals surface area contributed by atoms with Crippen molar-refractivity contribution in [2.45, 2.75) is 25.2 Å². The Morgan fingerprint density at radius 1 is 1.10 bits per heavy atom. The van der Waals surface area contributed by atoms with Crippen molar-refractivity contribution in [1.29, 1.82) is 5.26 Å². The number of esters is 2. The van der Waals surface area contributed by atoms with Crippen molar-refractivity contribution in [3.63, 3.8) is 0 Å². The smallest absolute Gasteiger partial charge is 0.339 e. The lowest BCUT2D eigenvalue weighted by atomic mass is 9.77. The van der Waals surface area contributed by atoms with Crippen LogP contribution < -0.4 is 10.6 Å². The highest BCUT2D eigenvalue weighted by atomic mass is 32.2.